The number of benzene rings is 1. The first-order valence-corrected chi connectivity index (χ1v) is 5.86. The molecule has 0 fully saturated rings. The third kappa shape index (κ3) is 3.31. The van der Waals surface area contributed by atoms with Crippen molar-refractivity contribution in [3.05, 3.63) is 53.7 Å². The van der Waals surface area contributed by atoms with Gasteiger partial charge in [-0.15, -0.1) is 0 Å². The number of anilines is 1. The Morgan fingerprint density at radius 3 is 2.83 bits per heavy atom. The molecule has 1 amide bonds. The lowest BCUT2D eigenvalue weighted by molar-refractivity contribution is -0.111. The molecule has 0 unspecified atom stereocenters. The number of hydrogen-bond acceptors (Lipinski definition) is 2. The summed E-state index contributed by atoms with van der Waals surface area (Å²) in [4.78, 5) is 11.6. The average molecular weight is 241 g/mol. The number of aromatic nitrogens is 2. The zero-order valence-corrected chi connectivity index (χ0v) is 10.2. The van der Waals surface area contributed by atoms with Crippen molar-refractivity contribution in [3.8, 4) is 0 Å². The molecule has 2 aromatic rings. The van der Waals surface area contributed by atoms with E-state index in [9.17, 15) is 4.79 Å². The van der Waals surface area contributed by atoms with Crippen LogP contribution < -0.4 is 5.32 Å². The Kier molecular flexibility index (Phi) is 3.91. The lowest BCUT2D eigenvalue weighted by Gasteiger charge is -1.95. The van der Waals surface area contributed by atoms with Crippen LogP contribution in [0.1, 0.15) is 18.2 Å². The lowest BCUT2D eigenvalue weighted by atomic mass is 10.2. The van der Waals surface area contributed by atoms with Crippen LogP contribution in [-0.2, 0) is 11.2 Å². The van der Waals surface area contributed by atoms with E-state index in [4.69, 9.17) is 0 Å². The zero-order chi connectivity index (χ0) is 12.8. The van der Waals surface area contributed by atoms with E-state index < -0.39 is 0 Å². The summed E-state index contributed by atoms with van der Waals surface area (Å²) < 4.78 is 0. The molecule has 0 atom stereocenters. The lowest BCUT2D eigenvalue weighted by Crippen LogP contribution is -2.07. The van der Waals surface area contributed by atoms with Gasteiger partial charge in [-0.05, 0) is 18.1 Å². The normalized spacial score (nSPS) is 10.7. The molecule has 1 aromatic heterocycles. The van der Waals surface area contributed by atoms with Crippen molar-refractivity contribution in [2.45, 2.75) is 13.3 Å². The van der Waals surface area contributed by atoms with Gasteiger partial charge in [-0.1, -0.05) is 37.3 Å². The number of amides is 1. The fourth-order valence-corrected chi connectivity index (χ4v) is 1.51. The highest BCUT2D eigenvalue weighted by Crippen LogP contribution is 2.06. The molecule has 2 N–H and O–H groups in total. The van der Waals surface area contributed by atoms with Crippen molar-refractivity contribution < 1.29 is 4.79 Å². The second-order valence-electron chi connectivity index (χ2n) is 3.87. The molecule has 0 saturated heterocycles. The minimum atomic E-state index is -0.187. The topological polar surface area (TPSA) is 57.8 Å². The molecule has 0 aliphatic heterocycles. The molecule has 4 heteroatoms. The van der Waals surface area contributed by atoms with Crippen LogP contribution in [0.2, 0.25) is 0 Å². The highest BCUT2D eigenvalue weighted by Gasteiger charge is 2.01. The van der Waals surface area contributed by atoms with Gasteiger partial charge in [0.1, 0.15) is 0 Å². The van der Waals surface area contributed by atoms with Crippen molar-refractivity contribution in [1.29, 1.82) is 0 Å². The van der Waals surface area contributed by atoms with E-state index in [0.717, 1.165) is 17.7 Å². The van der Waals surface area contributed by atoms with Crippen molar-refractivity contribution in [1.82, 2.24) is 10.2 Å². The molecular formula is C14H15N3O. The van der Waals surface area contributed by atoms with Gasteiger partial charge in [0.2, 0.25) is 5.91 Å². The van der Waals surface area contributed by atoms with Crippen LogP contribution in [0.4, 0.5) is 5.82 Å². The quantitative estimate of drug-likeness (QED) is 0.808. The number of aromatic amines is 1. The van der Waals surface area contributed by atoms with Gasteiger partial charge in [-0.3, -0.25) is 9.89 Å². The fraction of sp³-hybridized carbons (Fsp3) is 0.143. The minimum absolute atomic E-state index is 0.187. The summed E-state index contributed by atoms with van der Waals surface area (Å²) in [7, 11) is 0. The summed E-state index contributed by atoms with van der Waals surface area (Å²) in [5, 5.41) is 9.54. The van der Waals surface area contributed by atoms with E-state index >= 15 is 0 Å². The second-order valence-corrected chi connectivity index (χ2v) is 3.87. The maximum absolute atomic E-state index is 11.6. The van der Waals surface area contributed by atoms with Crippen LogP contribution in [0.5, 0.6) is 0 Å². The van der Waals surface area contributed by atoms with Gasteiger partial charge in [0.25, 0.3) is 0 Å². The predicted molar refractivity (Wildman–Crippen MR) is 72.1 cm³/mol. The maximum atomic E-state index is 11.6. The van der Waals surface area contributed by atoms with Gasteiger partial charge in [0.15, 0.2) is 5.82 Å². The molecule has 0 aliphatic carbocycles. The highest BCUT2D eigenvalue weighted by molar-refractivity contribution is 6.01. The number of nitrogens with one attached hydrogen (secondary N) is 2. The first kappa shape index (κ1) is 12.1. The molecule has 0 saturated carbocycles. The van der Waals surface area contributed by atoms with Crippen LogP contribution in [0, 0.1) is 0 Å². The Labute approximate surface area is 106 Å². The molecule has 2 rings (SSSR count). The summed E-state index contributed by atoms with van der Waals surface area (Å²) in [6.45, 7) is 2.02. The second kappa shape index (κ2) is 5.82. The SMILES string of the molecule is CCc1cc(NC(=O)/C=C/c2ccccc2)n[nH]1. The summed E-state index contributed by atoms with van der Waals surface area (Å²) in [5.41, 5.74) is 1.99. The summed E-state index contributed by atoms with van der Waals surface area (Å²) in [6, 6.07) is 11.5. The van der Waals surface area contributed by atoms with Crippen molar-refractivity contribution in [3.63, 3.8) is 0 Å². The average Bonchev–Trinajstić information content (AvgIpc) is 2.85. The maximum Gasteiger partial charge on any atom is 0.249 e. The summed E-state index contributed by atoms with van der Waals surface area (Å²) in [6.07, 6.45) is 4.13. The first-order chi connectivity index (χ1) is 8.78. The number of carbonyl (C=O) groups is 1. The van der Waals surface area contributed by atoms with E-state index in [1.165, 1.54) is 6.08 Å². The Bertz CT molecular complexity index is 543. The number of H-pyrrole nitrogens is 1. The van der Waals surface area contributed by atoms with Crippen LogP contribution in [0.15, 0.2) is 42.5 Å². The Morgan fingerprint density at radius 2 is 2.17 bits per heavy atom. The number of hydrogen-bond donors (Lipinski definition) is 2. The third-order valence-electron chi connectivity index (χ3n) is 2.49. The van der Waals surface area contributed by atoms with Gasteiger partial charge >= 0.3 is 0 Å². The number of carbonyl (C=O) groups excluding carboxylic acids is 1. The third-order valence-corrected chi connectivity index (χ3v) is 2.49. The van der Waals surface area contributed by atoms with Gasteiger partial charge in [0, 0.05) is 17.8 Å². The van der Waals surface area contributed by atoms with Crippen molar-refractivity contribution >= 4 is 17.8 Å². The van der Waals surface area contributed by atoms with E-state index in [1.807, 2.05) is 43.3 Å². The smallest absolute Gasteiger partial charge is 0.249 e. The minimum Gasteiger partial charge on any atom is -0.306 e. The highest BCUT2D eigenvalue weighted by atomic mass is 16.1. The standard InChI is InChI=1S/C14H15N3O/c1-2-12-10-13(17-16-12)15-14(18)9-8-11-6-4-3-5-7-11/h3-10H,2H2,1H3,(H2,15,16,17,18)/b9-8+. The van der Waals surface area contributed by atoms with Crippen LogP contribution in [0.25, 0.3) is 6.08 Å². The molecule has 0 aliphatic rings. The van der Waals surface area contributed by atoms with Crippen molar-refractivity contribution in [2.24, 2.45) is 0 Å². The van der Waals surface area contributed by atoms with Crippen LogP contribution in [0.3, 0.4) is 0 Å². The van der Waals surface area contributed by atoms with Gasteiger partial charge in [-0.25, -0.2) is 0 Å². The number of aryl methyl sites for hydroxylation is 1. The van der Waals surface area contributed by atoms with Gasteiger partial charge in [-0.2, -0.15) is 5.10 Å². The van der Waals surface area contributed by atoms with E-state index in [-0.39, 0.29) is 5.91 Å². The molecule has 0 radical (unpaired) electrons. The molecule has 1 aromatic carbocycles. The monoisotopic (exact) mass is 241 g/mol. The van der Waals surface area contributed by atoms with E-state index in [2.05, 4.69) is 15.5 Å². The predicted octanol–water partition coefficient (Wildman–Crippen LogP) is 2.62. The molecular weight excluding hydrogens is 226 g/mol. The van der Waals surface area contributed by atoms with Gasteiger partial charge < -0.3 is 5.32 Å². The first-order valence-electron chi connectivity index (χ1n) is 5.86. The molecule has 18 heavy (non-hydrogen) atoms. The summed E-state index contributed by atoms with van der Waals surface area (Å²) >= 11 is 0. The molecule has 4 nitrogen and oxygen atoms in total. The Morgan fingerprint density at radius 1 is 1.39 bits per heavy atom. The van der Waals surface area contributed by atoms with Gasteiger partial charge in [0.05, 0.1) is 0 Å². The molecule has 1 heterocycles. The van der Waals surface area contributed by atoms with Crippen LogP contribution >= 0.6 is 0 Å². The largest absolute Gasteiger partial charge is 0.306 e. The van der Waals surface area contributed by atoms with E-state index in [0.29, 0.717) is 5.82 Å². The Hall–Kier alpha value is -2.36. The molecule has 0 bridgehead atoms. The molecule has 0 spiro atoms. The van der Waals surface area contributed by atoms with Crippen LogP contribution in [-0.4, -0.2) is 16.1 Å². The zero-order valence-electron chi connectivity index (χ0n) is 10.2. The van der Waals surface area contributed by atoms with Crippen molar-refractivity contribution in [2.75, 3.05) is 5.32 Å². The number of rotatable bonds is 4. The Balaban J connectivity index is 1.94. The fourth-order valence-electron chi connectivity index (χ4n) is 1.51. The van der Waals surface area contributed by atoms with E-state index in [1.54, 1.807) is 6.08 Å². The summed E-state index contributed by atoms with van der Waals surface area (Å²) in [5.74, 6) is 0.363. The molecule has 92 valence electrons. The number of nitrogens with zero attached hydrogens (tertiary/aromatic N) is 1.